The molecule has 0 aliphatic heterocycles. The van der Waals surface area contributed by atoms with E-state index in [2.05, 4.69) is 15.5 Å². The van der Waals surface area contributed by atoms with E-state index in [4.69, 9.17) is 10.6 Å². The zero-order valence-electron chi connectivity index (χ0n) is 13.7. The number of thiophene rings is 1. The number of benzene rings is 1. The fraction of sp³-hybridized carbons (Fsp3) is 0.125. The molecule has 0 unspecified atom stereocenters. The van der Waals surface area contributed by atoms with E-state index in [1.165, 1.54) is 23.1 Å². The molecule has 1 aromatic carbocycles. The summed E-state index contributed by atoms with van der Waals surface area (Å²) in [6.45, 7) is 0. The molecular formula is C16H15N5O3S2. The van der Waals surface area contributed by atoms with E-state index >= 15 is 0 Å². The van der Waals surface area contributed by atoms with Crippen LogP contribution in [0.1, 0.15) is 10.4 Å². The normalized spacial score (nSPS) is 10.5. The molecule has 0 aliphatic rings. The van der Waals surface area contributed by atoms with Gasteiger partial charge < -0.3 is 15.9 Å². The molecule has 0 atom stereocenters. The van der Waals surface area contributed by atoms with Gasteiger partial charge in [-0.05, 0) is 23.6 Å². The molecule has 0 bridgehead atoms. The van der Waals surface area contributed by atoms with E-state index in [9.17, 15) is 9.59 Å². The third-order valence-corrected chi connectivity index (χ3v) is 5.15. The number of nitrogen functional groups attached to an aromatic ring is 1. The highest BCUT2D eigenvalue weighted by Crippen LogP contribution is 2.25. The third-order valence-electron chi connectivity index (χ3n) is 3.34. The summed E-state index contributed by atoms with van der Waals surface area (Å²) in [5, 5.41) is 13.1. The molecule has 0 saturated heterocycles. The number of anilines is 1. The number of hydrogen-bond donors (Lipinski definition) is 2. The van der Waals surface area contributed by atoms with Crippen LogP contribution in [-0.4, -0.2) is 39.6 Å². The molecule has 0 aliphatic carbocycles. The smallest absolute Gasteiger partial charge is 0.339 e. The van der Waals surface area contributed by atoms with Crippen LogP contribution in [0.4, 0.5) is 5.69 Å². The second-order valence-corrected chi connectivity index (χ2v) is 6.92. The predicted octanol–water partition coefficient (Wildman–Crippen LogP) is 2.24. The maximum absolute atomic E-state index is 12.2. The zero-order chi connectivity index (χ0) is 18.5. The molecule has 2 heterocycles. The number of carbonyl (C=O) groups is 2. The van der Waals surface area contributed by atoms with Crippen molar-refractivity contribution in [2.45, 2.75) is 5.16 Å². The predicted molar refractivity (Wildman–Crippen MR) is 101 cm³/mol. The van der Waals surface area contributed by atoms with E-state index in [-0.39, 0.29) is 17.2 Å². The topological polar surface area (TPSA) is 112 Å². The molecule has 26 heavy (non-hydrogen) atoms. The summed E-state index contributed by atoms with van der Waals surface area (Å²) in [5.74, 6) is 5.79. The molecule has 3 aromatic rings. The van der Waals surface area contributed by atoms with Crippen molar-refractivity contribution < 1.29 is 14.3 Å². The number of aromatic nitrogens is 3. The minimum Gasteiger partial charge on any atom is -0.465 e. The molecule has 3 N–H and O–H groups in total. The molecule has 0 radical (unpaired) electrons. The number of methoxy groups -OCH3 is 1. The number of hydrogen-bond acceptors (Lipinski definition) is 8. The molecular weight excluding hydrogens is 374 g/mol. The van der Waals surface area contributed by atoms with Crippen LogP contribution in [0.3, 0.4) is 0 Å². The maximum Gasteiger partial charge on any atom is 0.339 e. The van der Waals surface area contributed by atoms with Crippen LogP contribution in [0.15, 0.2) is 46.9 Å². The fourth-order valence-electron chi connectivity index (χ4n) is 2.15. The van der Waals surface area contributed by atoms with E-state index in [0.717, 1.165) is 16.6 Å². The number of rotatable bonds is 6. The Kier molecular flexibility index (Phi) is 5.54. The lowest BCUT2D eigenvalue weighted by molar-refractivity contribution is -0.113. The summed E-state index contributed by atoms with van der Waals surface area (Å²) >= 11 is 2.65. The van der Waals surface area contributed by atoms with Crippen molar-refractivity contribution in [3.63, 3.8) is 0 Å². The number of ether oxygens (including phenoxy) is 1. The first-order valence-corrected chi connectivity index (χ1v) is 9.31. The third kappa shape index (κ3) is 3.86. The number of nitrogens with one attached hydrogen (secondary N) is 1. The summed E-state index contributed by atoms with van der Waals surface area (Å²) in [4.78, 5) is 24.8. The molecule has 2 aromatic heterocycles. The van der Waals surface area contributed by atoms with Gasteiger partial charge in [0.2, 0.25) is 11.1 Å². The SMILES string of the molecule is COC(=O)c1ccccc1NC(=O)CSc1nnc(-c2cccs2)n1N. The summed E-state index contributed by atoms with van der Waals surface area (Å²) in [6, 6.07) is 10.4. The van der Waals surface area contributed by atoms with Crippen molar-refractivity contribution in [2.24, 2.45) is 0 Å². The highest BCUT2D eigenvalue weighted by atomic mass is 32.2. The Hall–Kier alpha value is -2.85. The van der Waals surface area contributed by atoms with E-state index < -0.39 is 5.97 Å². The second kappa shape index (κ2) is 8.02. The Bertz CT molecular complexity index is 924. The van der Waals surface area contributed by atoms with Gasteiger partial charge in [0.1, 0.15) is 0 Å². The first kappa shape index (κ1) is 18.0. The number of amides is 1. The van der Waals surface area contributed by atoms with E-state index in [1.807, 2.05) is 17.5 Å². The molecule has 1 amide bonds. The van der Waals surface area contributed by atoms with Gasteiger partial charge in [-0.1, -0.05) is 30.0 Å². The van der Waals surface area contributed by atoms with Crippen molar-refractivity contribution in [1.82, 2.24) is 14.9 Å². The van der Waals surface area contributed by atoms with Crippen LogP contribution in [0.2, 0.25) is 0 Å². The second-order valence-electron chi connectivity index (χ2n) is 5.03. The van der Waals surface area contributed by atoms with Gasteiger partial charge in [-0.25, -0.2) is 9.47 Å². The van der Waals surface area contributed by atoms with E-state index in [1.54, 1.807) is 24.3 Å². The van der Waals surface area contributed by atoms with Crippen molar-refractivity contribution in [3.8, 4) is 10.7 Å². The largest absolute Gasteiger partial charge is 0.465 e. The average molecular weight is 389 g/mol. The van der Waals surface area contributed by atoms with Gasteiger partial charge in [0.05, 0.1) is 29.0 Å². The molecule has 8 nitrogen and oxygen atoms in total. The summed E-state index contributed by atoms with van der Waals surface area (Å²) in [5.41, 5.74) is 0.675. The van der Waals surface area contributed by atoms with Crippen LogP contribution >= 0.6 is 23.1 Å². The summed E-state index contributed by atoms with van der Waals surface area (Å²) in [7, 11) is 1.29. The first-order valence-electron chi connectivity index (χ1n) is 7.44. The van der Waals surface area contributed by atoms with Crippen LogP contribution < -0.4 is 11.2 Å². The minimum atomic E-state index is -0.518. The highest BCUT2D eigenvalue weighted by molar-refractivity contribution is 7.99. The Morgan fingerprint density at radius 2 is 2.08 bits per heavy atom. The quantitative estimate of drug-likeness (QED) is 0.378. The number of carbonyl (C=O) groups excluding carboxylic acids is 2. The Morgan fingerprint density at radius 1 is 1.27 bits per heavy atom. The number of nitrogens with zero attached hydrogens (tertiary/aromatic N) is 3. The molecule has 3 rings (SSSR count). The van der Waals surface area contributed by atoms with Gasteiger partial charge in [-0.15, -0.1) is 21.5 Å². The van der Waals surface area contributed by atoms with E-state index in [0.29, 0.717) is 16.7 Å². The Balaban J connectivity index is 1.65. The van der Waals surface area contributed by atoms with Crippen LogP contribution in [-0.2, 0) is 9.53 Å². The van der Waals surface area contributed by atoms with Gasteiger partial charge in [-0.2, -0.15) is 0 Å². The fourth-order valence-corrected chi connectivity index (χ4v) is 3.51. The first-order chi connectivity index (χ1) is 12.6. The van der Waals surface area contributed by atoms with Crippen molar-refractivity contribution in [3.05, 3.63) is 47.3 Å². The lowest BCUT2D eigenvalue weighted by Gasteiger charge is -2.09. The number of para-hydroxylation sites is 1. The van der Waals surface area contributed by atoms with Gasteiger partial charge in [0, 0.05) is 0 Å². The zero-order valence-corrected chi connectivity index (χ0v) is 15.3. The number of thioether (sulfide) groups is 1. The van der Waals surface area contributed by atoms with Crippen LogP contribution in [0.25, 0.3) is 10.7 Å². The molecule has 10 heteroatoms. The number of esters is 1. The molecule has 0 fully saturated rings. The monoisotopic (exact) mass is 389 g/mol. The molecule has 0 saturated carbocycles. The van der Waals surface area contributed by atoms with Crippen molar-refractivity contribution >= 4 is 40.7 Å². The maximum atomic E-state index is 12.2. The van der Waals surface area contributed by atoms with Gasteiger partial charge in [0.25, 0.3) is 0 Å². The lowest BCUT2D eigenvalue weighted by Crippen LogP contribution is -2.18. The van der Waals surface area contributed by atoms with Gasteiger partial charge in [0.15, 0.2) is 5.82 Å². The van der Waals surface area contributed by atoms with Gasteiger partial charge in [-0.3, -0.25) is 4.79 Å². The van der Waals surface area contributed by atoms with Crippen LogP contribution in [0, 0.1) is 0 Å². The Labute approximate surface area is 157 Å². The van der Waals surface area contributed by atoms with Crippen molar-refractivity contribution in [1.29, 1.82) is 0 Å². The van der Waals surface area contributed by atoms with Gasteiger partial charge >= 0.3 is 5.97 Å². The molecule has 134 valence electrons. The van der Waals surface area contributed by atoms with Crippen molar-refractivity contribution in [2.75, 3.05) is 24.0 Å². The average Bonchev–Trinajstić information content (AvgIpc) is 3.29. The molecule has 0 spiro atoms. The highest BCUT2D eigenvalue weighted by Gasteiger charge is 2.16. The lowest BCUT2D eigenvalue weighted by atomic mass is 10.2. The summed E-state index contributed by atoms with van der Waals surface area (Å²) in [6.07, 6.45) is 0. The number of nitrogens with two attached hydrogens (primary N) is 1. The Morgan fingerprint density at radius 3 is 2.81 bits per heavy atom. The summed E-state index contributed by atoms with van der Waals surface area (Å²) < 4.78 is 6.06. The van der Waals surface area contributed by atoms with Crippen LogP contribution in [0.5, 0.6) is 0 Å². The standard InChI is InChI=1S/C16H15N5O3S2/c1-24-15(23)10-5-2-3-6-11(10)18-13(22)9-26-16-20-19-14(21(16)17)12-7-4-8-25-12/h2-8H,9,17H2,1H3,(H,18,22). The minimum absolute atomic E-state index is 0.0648.